The van der Waals surface area contributed by atoms with E-state index in [1.54, 1.807) is 0 Å². The summed E-state index contributed by atoms with van der Waals surface area (Å²) in [4.78, 5) is 4.34. The second-order valence-electron chi connectivity index (χ2n) is 8.27. The maximum Gasteiger partial charge on any atom is 0.145 e. The molecule has 2 heterocycles. The number of aryl methyl sites for hydroxylation is 1. The molecule has 3 aromatic carbocycles. The lowest BCUT2D eigenvalue weighted by Crippen LogP contribution is -2.39. The van der Waals surface area contributed by atoms with Crippen LogP contribution in [0.1, 0.15) is 29.7 Å². The molecule has 1 fully saturated rings. The number of nitrogens with one attached hydrogen (secondary N) is 2. The first-order valence-corrected chi connectivity index (χ1v) is 11.0. The van der Waals surface area contributed by atoms with E-state index in [4.69, 9.17) is 4.74 Å². The highest BCUT2D eigenvalue weighted by molar-refractivity contribution is 5.61. The average molecular weight is 436 g/mol. The van der Waals surface area contributed by atoms with E-state index in [2.05, 4.69) is 26.3 Å². The van der Waals surface area contributed by atoms with E-state index in [0.717, 1.165) is 42.0 Å². The molecule has 33 heavy (non-hydrogen) atoms. The van der Waals surface area contributed by atoms with E-state index in [1.807, 2.05) is 92.4 Å². The Morgan fingerprint density at radius 2 is 1.91 bits per heavy atom. The lowest BCUT2D eigenvalue weighted by atomic mass is 9.84. The predicted octanol–water partition coefficient (Wildman–Crippen LogP) is 5.45. The van der Waals surface area contributed by atoms with Crippen LogP contribution in [-0.2, 0) is 12.6 Å². The van der Waals surface area contributed by atoms with Crippen molar-refractivity contribution >= 4 is 11.4 Å². The molecule has 1 atom stereocenters. The number of anilines is 2. The monoisotopic (exact) mass is 435 g/mol. The highest BCUT2D eigenvalue weighted by Crippen LogP contribution is 2.40. The van der Waals surface area contributed by atoms with Gasteiger partial charge in [0.1, 0.15) is 17.6 Å². The van der Waals surface area contributed by atoms with E-state index in [1.165, 1.54) is 0 Å². The summed E-state index contributed by atoms with van der Waals surface area (Å²) in [6.45, 7) is 0.925. The zero-order chi connectivity index (χ0) is 22.7. The number of aromatic nitrogens is 2. The van der Waals surface area contributed by atoms with Gasteiger partial charge in [0.15, 0.2) is 0 Å². The fourth-order valence-corrected chi connectivity index (χ4v) is 4.54. The molecule has 1 saturated heterocycles. The Balaban J connectivity index is 1.48. The number of benzene rings is 3. The molecule has 6 nitrogen and oxygen atoms in total. The van der Waals surface area contributed by atoms with E-state index < -0.39 is 0 Å². The van der Waals surface area contributed by atoms with Crippen LogP contribution in [0.15, 0.2) is 85.3 Å². The largest absolute Gasteiger partial charge is 0.456 e. The van der Waals surface area contributed by atoms with Gasteiger partial charge in [0.05, 0.1) is 29.3 Å². The van der Waals surface area contributed by atoms with E-state index in [0.29, 0.717) is 17.1 Å². The first-order chi connectivity index (χ1) is 16.2. The predicted molar refractivity (Wildman–Crippen MR) is 129 cm³/mol. The van der Waals surface area contributed by atoms with Crippen molar-refractivity contribution in [3.8, 4) is 17.6 Å². The Bertz CT molecular complexity index is 1300. The third-order valence-corrected chi connectivity index (χ3v) is 6.13. The van der Waals surface area contributed by atoms with E-state index in [-0.39, 0.29) is 5.54 Å². The summed E-state index contributed by atoms with van der Waals surface area (Å²) in [6, 6.07) is 25.9. The molecule has 4 aromatic rings. The van der Waals surface area contributed by atoms with Crippen LogP contribution in [0.25, 0.3) is 0 Å². The van der Waals surface area contributed by atoms with Gasteiger partial charge >= 0.3 is 0 Å². The van der Waals surface area contributed by atoms with Gasteiger partial charge in [0, 0.05) is 24.5 Å². The molecule has 1 aliphatic heterocycles. The molecule has 164 valence electrons. The highest BCUT2D eigenvalue weighted by Gasteiger charge is 2.39. The number of imidazole rings is 1. The van der Waals surface area contributed by atoms with Crippen LogP contribution in [0.2, 0.25) is 0 Å². The summed E-state index contributed by atoms with van der Waals surface area (Å²) in [5.41, 5.74) is 4.23. The van der Waals surface area contributed by atoms with Gasteiger partial charge in [0.25, 0.3) is 0 Å². The summed E-state index contributed by atoms with van der Waals surface area (Å²) >= 11 is 0. The van der Waals surface area contributed by atoms with E-state index in [9.17, 15) is 5.26 Å². The van der Waals surface area contributed by atoms with Gasteiger partial charge in [-0.3, -0.25) is 0 Å². The number of hydrogen-bond acceptors (Lipinski definition) is 5. The molecule has 1 aromatic heterocycles. The summed E-state index contributed by atoms with van der Waals surface area (Å²) in [5.74, 6) is 1.21. The molecule has 0 spiro atoms. The maximum atomic E-state index is 9.72. The normalized spacial score (nSPS) is 17.5. The maximum absolute atomic E-state index is 9.72. The summed E-state index contributed by atoms with van der Waals surface area (Å²) in [7, 11) is 2.01. The molecule has 1 unspecified atom stereocenters. The molecule has 0 radical (unpaired) electrons. The zero-order valence-electron chi connectivity index (χ0n) is 18.5. The number of para-hydroxylation sites is 1. The van der Waals surface area contributed by atoms with E-state index >= 15 is 0 Å². The molecular weight excluding hydrogens is 410 g/mol. The molecule has 6 heteroatoms. The third-order valence-electron chi connectivity index (χ3n) is 6.13. The lowest BCUT2D eigenvalue weighted by Gasteiger charge is -2.31. The molecule has 2 N–H and O–H groups in total. The minimum absolute atomic E-state index is 0.353. The molecule has 5 rings (SSSR count). The number of nitrogens with zero attached hydrogens (tertiary/aromatic N) is 3. The number of hydrogen-bond donors (Lipinski definition) is 2. The molecule has 0 saturated carbocycles. The Kier molecular flexibility index (Phi) is 5.55. The molecule has 0 aliphatic carbocycles. The lowest BCUT2D eigenvalue weighted by molar-refractivity contribution is 0.438. The van der Waals surface area contributed by atoms with Gasteiger partial charge in [-0.1, -0.05) is 30.3 Å². The van der Waals surface area contributed by atoms with Crippen molar-refractivity contribution in [2.24, 2.45) is 7.05 Å². The standard InChI is InChI=1S/C27H25N5O/c1-32-19-29-18-26(32)27(13-6-14-30-27)21-12-11-20(17-28)25(15-21)33-24-10-5-9-23(16-24)31-22-7-3-2-4-8-22/h2-5,7-12,15-16,18-19,30-31H,6,13-14H2,1H3. The fraction of sp³-hybridized carbons (Fsp3) is 0.185. The van der Waals surface area contributed by atoms with Gasteiger partial charge in [-0.05, 0) is 61.3 Å². The van der Waals surface area contributed by atoms with Crippen molar-refractivity contribution < 1.29 is 4.74 Å². The highest BCUT2D eigenvalue weighted by atomic mass is 16.5. The minimum Gasteiger partial charge on any atom is -0.456 e. The molecule has 1 aliphatic rings. The average Bonchev–Trinajstić information content (AvgIpc) is 3.50. The Hall–Kier alpha value is -4.08. The van der Waals surface area contributed by atoms with Gasteiger partial charge in [0.2, 0.25) is 0 Å². The van der Waals surface area contributed by atoms with Gasteiger partial charge in [-0.2, -0.15) is 5.26 Å². The van der Waals surface area contributed by atoms with Gasteiger partial charge in [-0.25, -0.2) is 4.98 Å². The topological polar surface area (TPSA) is 74.9 Å². The summed E-state index contributed by atoms with van der Waals surface area (Å²) in [6.07, 6.45) is 5.75. The summed E-state index contributed by atoms with van der Waals surface area (Å²) < 4.78 is 8.31. The van der Waals surface area contributed by atoms with Crippen LogP contribution in [0.4, 0.5) is 11.4 Å². The number of ether oxygens (including phenoxy) is 1. The molecule has 0 bridgehead atoms. The van der Waals surface area contributed by atoms with Gasteiger partial charge < -0.3 is 19.9 Å². The number of nitriles is 1. The van der Waals surface area contributed by atoms with Crippen LogP contribution in [0.3, 0.4) is 0 Å². The quantitative estimate of drug-likeness (QED) is 0.421. The van der Waals surface area contributed by atoms with Crippen LogP contribution < -0.4 is 15.4 Å². The van der Waals surface area contributed by atoms with Crippen LogP contribution in [0.5, 0.6) is 11.5 Å². The van der Waals surface area contributed by atoms with Crippen molar-refractivity contribution in [2.45, 2.75) is 18.4 Å². The van der Waals surface area contributed by atoms with Crippen LogP contribution in [0, 0.1) is 11.3 Å². The van der Waals surface area contributed by atoms with Crippen LogP contribution >= 0.6 is 0 Å². The smallest absolute Gasteiger partial charge is 0.145 e. The zero-order valence-corrected chi connectivity index (χ0v) is 18.5. The summed E-state index contributed by atoms with van der Waals surface area (Å²) in [5, 5.41) is 16.8. The first-order valence-electron chi connectivity index (χ1n) is 11.0. The molecule has 0 amide bonds. The first kappa shape index (κ1) is 20.8. The Morgan fingerprint density at radius 3 is 2.64 bits per heavy atom. The Labute approximate surface area is 193 Å². The number of rotatable bonds is 6. The fourth-order valence-electron chi connectivity index (χ4n) is 4.54. The molecular formula is C27H25N5O. The van der Waals surface area contributed by atoms with Crippen molar-refractivity contribution in [1.82, 2.24) is 14.9 Å². The van der Waals surface area contributed by atoms with Crippen molar-refractivity contribution in [3.63, 3.8) is 0 Å². The van der Waals surface area contributed by atoms with Crippen molar-refractivity contribution in [3.05, 3.63) is 102 Å². The van der Waals surface area contributed by atoms with Crippen molar-refractivity contribution in [1.29, 1.82) is 5.26 Å². The SMILES string of the molecule is Cn1cncc1C1(c2ccc(C#N)c(Oc3cccc(Nc4ccccc4)c3)c2)CCCN1. The minimum atomic E-state index is -0.353. The third kappa shape index (κ3) is 4.07. The van der Waals surface area contributed by atoms with Crippen LogP contribution in [-0.4, -0.2) is 16.1 Å². The van der Waals surface area contributed by atoms with Crippen molar-refractivity contribution in [2.75, 3.05) is 11.9 Å². The second-order valence-corrected chi connectivity index (χ2v) is 8.27. The van der Waals surface area contributed by atoms with Gasteiger partial charge in [-0.15, -0.1) is 0 Å². The second kappa shape index (κ2) is 8.81. The Morgan fingerprint density at radius 1 is 1.06 bits per heavy atom.